The second-order valence-electron chi connectivity index (χ2n) is 6.70. The Hall–Kier alpha value is -3.05. The largest absolute Gasteiger partial charge is 0.403 e. The Morgan fingerprint density at radius 3 is 2.21 bits per heavy atom. The molecule has 1 aromatic carbocycles. The van der Waals surface area contributed by atoms with Gasteiger partial charge < -0.3 is 26.6 Å². The molecule has 3 rings (SSSR count). The number of carbonyl (C=O) groups excluding carboxylic acids is 1. The number of amidine groups is 1. The molecule has 11 heteroatoms. The number of aliphatic imine (C=N–C) groups is 1. The average Bonchev–Trinajstić information content (AvgIpc) is 3.23. The summed E-state index contributed by atoms with van der Waals surface area (Å²) in [5.74, 6) is -1.67. The first-order chi connectivity index (χ1) is 16.3. The van der Waals surface area contributed by atoms with E-state index in [1.54, 1.807) is 7.05 Å². The van der Waals surface area contributed by atoms with Crippen molar-refractivity contribution in [1.82, 2.24) is 20.1 Å². The molecule has 34 heavy (non-hydrogen) atoms. The highest BCUT2D eigenvalue weighted by Gasteiger charge is 2.25. The number of nitrogens with one attached hydrogen (secondary N) is 1. The predicted molar refractivity (Wildman–Crippen MR) is 137 cm³/mol. The molecule has 1 aliphatic rings. The molecule has 2 heterocycles. The Labute approximate surface area is 204 Å². The van der Waals surface area contributed by atoms with E-state index in [0.29, 0.717) is 11.5 Å². The van der Waals surface area contributed by atoms with E-state index in [2.05, 4.69) is 20.2 Å². The van der Waals surface area contributed by atoms with Gasteiger partial charge >= 0.3 is 0 Å². The quantitative estimate of drug-likeness (QED) is 0.442. The van der Waals surface area contributed by atoms with Gasteiger partial charge in [-0.25, -0.2) is 13.8 Å². The number of piperazine rings is 1. The van der Waals surface area contributed by atoms with Crippen LogP contribution in [-0.2, 0) is 0 Å². The van der Waals surface area contributed by atoms with Gasteiger partial charge in [0.25, 0.3) is 5.91 Å². The standard InChI is InChI=1S/C19H23F2N7OS.2C2H6/c1-24-17(28-8-6-27(2)7-9-28)13(10-22)25-18(29)15-16(23)30-19(26-15)14-11(20)4-3-5-12(14)21;2*1-2/h3-5,10H,6-9,22-23H2,1-2H3,(H,25,29);2*1-2H3/b13-10+,24-17?;;. The summed E-state index contributed by atoms with van der Waals surface area (Å²) in [4.78, 5) is 25.3. The number of likely N-dealkylation sites (N-methyl/N-ethyl adjacent to an activating group) is 1. The number of carbonyl (C=O) groups is 1. The van der Waals surface area contributed by atoms with Gasteiger partial charge in [-0.15, -0.1) is 0 Å². The Morgan fingerprint density at radius 2 is 1.71 bits per heavy atom. The van der Waals surface area contributed by atoms with E-state index in [1.807, 2.05) is 39.6 Å². The number of benzene rings is 1. The van der Waals surface area contributed by atoms with Gasteiger partial charge in [0.15, 0.2) is 5.69 Å². The number of nitrogens with two attached hydrogens (primary N) is 2. The highest BCUT2D eigenvalue weighted by molar-refractivity contribution is 7.19. The fourth-order valence-electron chi connectivity index (χ4n) is 3.11. The first kappa shape index (κ1) is 29.0. The molecule has 2 aromatic rings. The van der Waals surface area contributed by atoms with Crippen LogP contribution in [0.15, 0.2) is 35.1 Å². The lowest BCUT2D eigenvalue weighted by Crippen LogP contribution is -2.49. The molecule has 0 spiro atoms. The lowest BCUT2D eigenvalue weighted by Gasteiger charge is -2.35. The number of rotatable bonds is 4. The highest BCUT2D eigenvalue weighted by Crippen LogP contribution is 2.33. The Bertz CT molecular complexity index is 979. The molecule has 5 N–H and O–H groups in total. The molecule has 0 unspecified atom stereocenters. The summed E-state index contributed by atoms with van der Waals surface area (Å²) in [5, 5.41) is 2.68. The van der Waals surface area contributed by atoms with E-state index in [-0.39, 0.29) is 21.3 Å². The summed E-state index contributed by atoms with van der Waals surface area (Å²) in [7, 11) is 3.64. The Morgan fingerprint density at radius 1 is 1.15 bits per heavy atom. The maximum absolute atomic E-state index is 14.1. The van der Waals surface area contributed by atoms with Crippen LogP contribution in [0.3, 0.4) is 0 Å². The van der Waals surface area contributed by atoms with Gasteiger partial charge in [0.05, 0.1) is 11.3 Å². The molecule has 0 bridgehead atoms. The number of hydrogen-bond acceptors (Lipinski definition) is 7. The van der Waals surface area contributed by atoms with Gasteiger partial charge in [0, 0.05) is 39.4 Å². The summed E-state index contributed by atoms with van der Waals surface area (Å²) in [5.41, 5.74) is 11.5. The van der Waals surface area contributed by atoms with Gasteiger partial charge in [-0.3, -0.25) is 9.79 Å². The van der Waals surface area contributed by atoms with E-state index >= 15 is 0 Å². The predicted octanol–water partition coefficient (Wildman–Crippen LogP) is 3.53. The van der Waals surface area contributed by atoms with Crippen LogP contribution < -0.4 is 16.8 Å². The molecule has 0 saturated carbocycles. The lowest BCUT2D eigenvalue weighted by atomic mass is 10.2. The van der Waals surface area contributed by atoms with E-state index in [4.69, 9.17) is 11.5 Å². The van der Waals surface area contributed by atoms with Gasteiger partial charge in [-0.2, -0.15) is 0 Å². The van der Waals surface area contributed by atoms with Crippen LogP contribution in [0.5, 0.6) is 0 Å². The number of nitrogens with zero attached hydrogens (tertiary/aromatic N) is 4. The molecule has 0 atom stereocenters. The zero-order chi connectivity index (χ0) is 25.8. The average molecular weight is 496 g/mol. The molecule has 188 valence electrons. The van der Waals surface area contributed by atoms with Crippen molar-refractivity contribution in [3.8, 4) is 10.6 Å². The fourth-order valence-corrected chi connectivity index (χ4v) is 3.99. The van der Waals surface area contributed by atoms with Crippen LogP contribution in [0.1, 0.15) is 38.2 Å². The molecule has 1 aromatic heterocycles. The van der Waals surface area contributed by atoms with Crippen molar-refractivity contribution < 1.29 is 13.6 Å². The maximum Gasteiger partial charge on any atom is 0.277 e. The van der Waals surface area contributed by atoms with Gasteiger partial charge in [0.1, 0.15) is 27.5 Å². The van der Waals surface area contributed by atoms with Crippen molar-refractivity contribution >= 4 is 28.1 Å². The zero-order valence-corrected chi connectivity index (χ0v) is 21.5. The normalized spacial score (nSPS) is 14.5. The smallest absolute Gasteiger partial charge is 0.277 e. The molecule has 8 nitrogen and oxygen atoms in total. The van der Waals surface area contributed by atoms with Gasteiger partial charge in [0.2, 0.25) is 0 Å². The fraction of sp³-hybridized carbons (Fsp3) is 0.435. The summed E-state index contributed by atoms with van der Waals surface area (Å²) >= 11 is 0.830. The number of amides is 1. The van der Waals surface area contributed by atoms with Crippen molar-refractivity contribution in [1.29, 1.82) is 0 Å². The summed E-state index contributed by atoms with van der Waals surface area (Å²) in [6, 6.07) is 3.48. The topological polar surface area (TPSA) is 113 Å². The third-order valence-electron chi connectivity index (χ3n) is 4.72. The molecule has 0 aliphatic carbocycles. The molecule has 0 radical (unpaired) electrons. The summed E-state index contributed by atoms with van der Waals surface area (Å²) < 4.78 is 28.1. The van der Waals surface area contributed by atoms with Crippen molar-refractivity contribution in [2.45, 2.75) is 27.7 Å². The van der Waals surface area contributed by atoms with Crippen molar-refractivity contribution in [3.63, 3.8) is 0 Å². The van der Waals surface area contributed by atoms with Crippen molar-refractivity contribution in [2.75, 3.05) is 46.0 Å². The van der Waals surface area contributed by atoms with Crippen LogP contribution >= 0.6 is 11.3 Å². The minimum atomic E-state index is -0.784. The molecule has 1 aliphatic heterocycles. The number of aromatic nitrogens is 1. The van der Waals surface area contributed by atoms with Crippen molar-refractivity contribution in [2.24, 2.45) is 10.7 Å². The zero-order valence-electron chi connectivity index (χ0n) is 20.7. The molecular formula is C23H35F2N7OS. The Balaban J connectivity index is 0.00000137. The first-order valence-corrected chi connectivity index (χ1v) is 12.0. The molecule has 1 fully saturated rings. The van der Waals surface area contributed by atoms with E-state index in [9.17, 15) is 13.6 Å². The lowest BCUT2D eigenvalue weighted by molar-refractivity contribution is 0.0963. The summed E-state index contributed by atoms with van der Waals surface area (Å²) in [6.07, 6.45) is 1.25. The summed E-state index contributed by atoms with van der Waals surface area (Å²) in [6.45, 7) is 11.2. The monoisotopic (exact) mass is 495 g/mol. The molecular weight excluding hydrogens is 460 g/mol. The second-order valence-corrected chi connectivity index (χ2v) is 7.73. The molecule has 1 amide bonds. The highest BCUT2D eigenvalue weighted by atomic mass is 32.1. The van der Waals surface area contributed by atoms with Gasteiger partial charge in [-0.05, 0) is 19.2 Å². The first-order valence-electron chi connectivity index (χ1n) is 11.2. The van der Waals surface area contributed by atoms with Gasteiger partial charge in [-0.1, -0.05) is 45.1 Å². The number of thiazole rings is 1. The van der Waals surface area contributed by atoms with Crippen LogP contribution in [0.4, 0.5) is 13.8 Å². The number of anilines is 1. The number of nitrogen functional groups attached to an aromatic ring is 1. The third kappa shape index (κ3) is 6.97. The van der Waals surface area contributed by atoms with Crippen LogP contribution in [-0.4, -0.2) is 66.8 Å². The second kappa shape index (κ2) is 14.3. The number of halogens is 2. The number of hydrogen-bond donors (Lipinski definition) is 3. The van der Waals surface area contributed by atoms with E-state index in [0.717, 1.165) is 49.6 Å². The van der Waals surface area contributed by atoms with Crippen LogP contribution in [0, 0.1) is 11.6 Å². The minimum absolute atomic E-state index is 0.0185. The van der Waals surface area contributed by atoms with Crippen LogP contribution in [0.25, 0.3) is 10.6 Å². The van der Waals surface area contributed by atoms with E-state index in [1.165, 1.54) is 12.3 Å². The van der Waals surface area contributed by atoms with Crippen molar-refractivity contribution in [3.05, 3.63) is 47.4 Å². The van der Waals surface area contributed by atoms with E-state index < -0.39 is 17.5 Å². The minimum Gasteiger partial charge on any atom is -0.403 e. The van der Waals surface area contributed by atoms with Crippen LogP contribution in [0.2, 0.25) is 0 Å². The third-order valence-corrected chi connectivity index (χ3v) is 5.62. The maximum atomic E-state index is 14.1. The SMILES string of the molecule is CC.CC.CN=C(/C(=C\N)NC(=O)c1nc(-c2c(F)cccc2F)sc1N)N1CCN(C)CC1. The Kier molecular flexibility index (Phi) is 12.2. The molecule has 1 saturated heterocycles.